The van der Waals surface area contributed by atoms with Crippen LogP contribution in [0.4, 0.5) is 11.8 Å². The third-order valence-corrected chi connectivity index (χ3v) is 7.16. The number of ether oxygens (including phenoxy) is 2. The molecule has 2 atom stereocenters. The smallest absolute Gasteiger partial charge is 0.225 e. The maximum absolute atomic E-state index is 9.75. The minimum absolute atomic E-state index is 0.0476. The molecule has 3 aromatic heterocycles. The van der Waals surface area contributed by atoms with Gasteiger partial charge in [0.25, 0.3) is 0 Å². The summed E-state index contributed by atoms with van der Waals surface area (Å²) < 4.78 is 13.3. The van der Waals surface area contributed by atoms with Crippen LogP contribution in [0.2, 0.25) is 0 Å². The number of hydrogen-bond acceptors (Lipinski definition) is 11. The van der Waals surface area contributed by atoms with E-state index < -0.39 is 12.0 Å². The lowest BCUT2D eigenvalue weighted by Crippen LogP contribution is -2.41. The van der Waals surface area contributed by atoms with Crippen LogP contribution in [0, 0.1) is 12.8 Å². The van der Waals surface area contributed by atoms with Crippen molar-refractivity contribution in [3.8, 4) is 10.6 Å². The van der Waals surface area contributed by atoms with Gasteiger partial charge in [-0.3, -0.25) is 0 Å². The lowest BCUT2D eigenvalue weighted by molar-refractivity contribution is -0.248. The van der Waals surface area contributed by atoms with E-state index >= 15 is 0 Å². The van der Waals surface area contributed by atoms with E-state index in [1.807, 2.05) is 39.0 Å². The highest BCUT2D eigenvalue weighted by Crippen LogP contribution is 2.37. The standard InChI is InChI=1S/C26H31N7O3S/c1-16-22(24-31-18-7-4-5-8-19(18)37-24)23(33-25(30-16)29-13-20-27-11-6-12-28-20)32-21-10-9-17(14-34)15-35-26(2,3)36-21/h4-8,11-12,17,21,34H,9-10,13-15H2,1-3H3,(H2,29,30,32,33). The van der Waals surface area contributed by atoms with E-state index in [0.717, 1.165) is 32.9 Å². The number of aliphatic hydroxyl groups is 1. The molecule has 1 aliphatic heterocycles. The summed E-state index contributed by atoms with van der Waals surface area (Å²) in [5, 5.41) is 17.3. The molecule has 194 valence electrons. The molecule has 11 heteroatoms. The van der Waals surface area contributed by atoms with Gasteiger partial charge in [-0.05, 0) is 51.8 Å². The topological polar surface area (TPSA) is 127 Å². The van der Waals surface area contributed by atoms with Crippen LogP contribution in [0.25, 0.3) is 20.8 Å². The van der Waals surface area contributed by atoms with Crippen molar-refractivity contribution in [3.05, 3.63) is 54.2 Å². The molecule has 2 unspecified atom stereocenters. The Labute approximate surface area is 219 Å². The molecule has 1 aromatic carbocycles. The number of aryl methyl sites for hydroxylation is 1. The quantitative estimate of drug-likeness (QED) is 0.322. The van der Waals surface area contributed by atoms with Crippen molar-refractivity contribution in [2.45, 2.75) is 52.2 Å². The van der Waals surface area contributed by atoms with E-state index in [0.29, 0.717) is 37.2 Å². The number of hydrogen-bond donors (Lipinski definition) is 3. The van der Waals surface area contributed by atoms with Crippen LogP contribution in [0.1, 0.15) is 38.2 Å². The number of para-hydroxylation sites is 1. The van der Waals surface area contributed by atoms with Crippen LogP contribution in [0.5, 0.6) is 0 Å². The second-order valence-corrected chi connectivity index (χ2v) is 10.5. The van der Waals surface area contributed by atoms with Crippen molar-refractivity contribution >= 4 is 33.3 Å². The number of aromatic nitrogens is 5. The maximum atomic E-state index is 9.75. The van der Waals surface area contributed by atoms with Gasteiger partial charge in [-0.2, -0.15) is 4.98 Å². The van der Waals surface area contributed by atoms with Gasteiger partial charge in [0.05, 0.1) is 34.6 Å². The molecule has 0 saturated carbocycles. The summed E-state index contributed by atoms with van der Waals surface area (Å²) in [6.45, 7) is 6.63. The number of benzene rings is 1. The number of aliphatic hydroxyl groups excluding tert-OH is 1. The monoisotopic (exact) mass is 521 g/mol. The minimum Gasteiger partial charge on any atom is -0.396 e. The van der Waals surface area contributed by atoms with Crippen molar-refractivity contribution < 1.29 is 14.6 Å². The molecule has 5 rings (SSSR count). The van der Waals surface area contributed by atoms with E-state index in [1.54, 1.807) is 29.8 Å². The summed E-state index contributed by atoms with van der Waals surface area (Å²) in [6, 6.07) is 9.83. The lowest BCUT2D eigenvalue weighted by atomic mass is 10.0. The Morgan fingerprint density at radius 2 is 1.89 bits per heavy atom. The largest absolute Gasteiger partial charge is 0.396 e. The molecular formula is C26H31N7O3S. The van der Waals surface area contributed by atoms with Gasteiger partial charge in [0, 0.05) is 24.9 Å². The Morgan fingerprint density at radius 1 is 1.08 bits per heavy atom. The average Bonchev–Trinajstić information content (AvgIpc) is 3.30. The van der Waals surface area contributed by atoms with Gasteiger partial charge in [-0.15, -0.1) is 11.3 Å². The predicted molar refractivity (Wildman–Crippen MR) is 143 cm³/mol. The van der Waals surface area contributed by atoms with Crippen molar-refractivity contribution in [2.24, 2.45) is 5.92 Å². The molecule has 0 spiro atoms. The van der Waals surface area contributed by atoms with E-state index in [-0.39, 0.29) is 12.5 Å². The Balaban J connectivity index is 1.50. The van der Waals surface area contributed by atoms with Crippen molar-refractivity contribution in [2.75, 3.05) is 23.8 Å². The van der Waals surface area contributed by atoms with Gasteiger partial charge in [-0.1, -0.05) is 12.1 Å². The van der Waals surface area contributed by atoms with Gasteiger partial charge < -0.3 is 25.2 Å². The first-order valence-corrected chi connectivity index (χ1v) is 13.2. The van der Waals surface area contributed by atoms with E-state index in [4.69, 9.17) is 24.4 Å². The molecule has 0 amide bonds. The minimum atomic E-state index is -0.824. The Kier molecular flexibility index (Phi) is 7.56. The van der Waals surface area contributed by atoms with Crippen molar-refractivity contribution in [3.63, 3.8) is 0 Å². The first kappa shape index (κ1) is 25.4. The van der Waals surface area contributed by atoms with E-state index in [2.05, 4.69) is 26.7 Å². The normalized spacial score (nSPS) is 19.8. The first-order chi connectivity index (χ1) is 17.9. The molecule has 1 saturated heterocycles. The lowest BCUT2D eigenvalue weighted by Gasteiger charge is -2.36. The fraction of sp³-hybridized carbons (Fsp3) is 0.423. The maximum Gasteiger partial charge on any atom is 0.225 e. The second kappa shape index (κ2) is 11.0. The summed E-state index contributed by atoms with van der Waals surface area (Å²) in [4.78, 5) is 23.0. The Hall–Kier alpha value is -3.25. The predicted octanol–water partition coefficient (Wildman–Crippen LogP) is 4.37. The van der Waals surface area contributed by atoms with Crippen LogP contribution in [0.3, 0.4) is 0 Å². The summed E-state index contributed by atoms with van der Waals surface area (Å²) in [5.41, 5.74) is 2.53. The third-order valence-electron chi connectivity index (χ3n) is 6.11. The second-order valence-electron chi connectivity index (χ2n) is 9.45. The average molecular weight is 522 g/mol. The molecule has 0 radical (unpaired) electrons. The molecule has 37 heavy (non-hydrogen) atoms. The van der Waals surface area contributed by atoms with Crippen molar-refractivity contribution in [1.82, 2.24) is 24.9 Å². The van der Waals surface area contributed by atoms with Crippen LogP contribution < -0.4 is 10.6 Å². The van der Waals surface area contributed by atoms with E-state index in [9.17, 15) is 5.11 Å². The Morgan fingerprint density at radius 3 is 2.68 bits per heavy atom. The molecule has 1 fully saturated rings. The molecule has 10 nitrogen and oxygen atoms in total. The number of fused-ring (bicyclic) bond motifs is 1. The summed E-state index contributed by atoms with van der Waals surface area (Å²) in [7, 11) is 0. The molecule has 0 bridgehead atoms. The number of anilines is 2. The molecular weight excluding hydrogens is 490 g/mol. The molecule has 4 heterocycles. The summed E-state index contributed by atoms with van der Waals surface area (Å²) >= 11 is 1.60. The zero-order chi connectivity index (χ0) is 25.8. The third kappa shape index (κ3) is 6.19. The van der Waals surface area contributed by atoms with Gasteiger partial charge in [0.2, 0.25) is 5.95 Å². The number of nitrogens with one attached hydrogen (secondary N) is 2. The number of thiazole rings is 1. The molecule has 0 aliphatic carbocycles. The summed E-state index contributed by atoms with van der Waals surface area (Å²) in [5.74, 6) is 0.934. The van der Waals surface area contributed by atoms with Gasteiger partial charge in [-0.25, -0.2) is 19.9 Å². The molecule has 3 N–H and O–H groups in total. The molecule has 4 aromatic rings. The fourth-order valence-electron chi connectivity index (χ4n) is 4.19. The van der Waals surface area contributed by atoms with Crippen LogP contribution in [-0.4, -0.2) is 55.3 Å². The van der Waals surface area contributed by atoms with Crippen LogP contribution >= 0.6 is 11.3 Å². The zero-order valence-corrected chi connectivity index (χ0v) is 22.0. The highest BCUT2D eigenvalue weighted by atomic mass is 32.1. The number of nitrogens with zero attached hydrogens (tertiary/aromatic N) is 5. The van der Waals surface area contributed by atoms with Crippen LogP contribution in [-0.2, 0) is 16.0 Å². The fourth-order valence-corrected chi connectivity index (χ4v) is 5.26. The van der Waals surface area contributed by atoms with E-state index in [1.165, 1.54) is 0 Å². The van der Waals surface area contributed by atoms with Crippen LogP contribution in [0.15, 0.2) is 42.7 Å². The zero-order valence-electron chi connectivity index (χ0n) is 21.1. The Bertz CT molecular complexity index is 1320. The van der Waals surface area contributed by atoms with Crippen molar-refractivity contribution in [1.29, 1.82) is 0 Å². The highest BCUT2D eigenvalue weighted by molar-refractivity contribution is 7.21. The summed E-state index contributed by atoms with van der Waals surface area (Å²) in [6.07, 6.45) is 4.45. The molecule has 1 aliphatic rings. The number of rotatable bonds is 7. The SMILES string of the molecule is Cc1nc(NCc2ncccn2)nc(NC2CCC(CO)COC(C)(C)O2)c1-c1nc2ccccc2s1. The van der Waals surface area contributed by atoms with Gasteiger partial charge in [0.15, 0.2) is 5.79 Å². The highest BCUT2D eigenvalue weighted by Gasteiger charge is 2.30. The van der Waals surface area contributed by atoms with Gasteiger partial charge >= 0.3 is 0 Å². The first-order valence-electron chi connectivity index (χ1n) is 12.3. The van der Waals surface area contributed by atoms with Gasteiger partial charge in [0.1, 0.15) is 22.9 Å².